The topological polar surface area (TPSA) is 41.3 Å². The SMILES string of the molecule is CN(C)c1ccc(C[C@@H]([C@H](O)c2ccc(Cl)cc2Cl)n2ccnc2)cc1. The molecular weight excluding hydrogens is 369 g/mol. The molecule has 0 aliphatic rings. The molecular formula is C20H21Cl2N3O. The number of aliphatic hydroxyl groups is 1. The Morgan fingerprint density at radius 1 is 1.12 bits per heavy atom. The van der Waals surface area contributed by atoms with Crippen LogP contribution in [0.2, 0.25) is 10.0 Å². The van der Waals surface area contributed by atoms with Gasteiger partial charge < -0.3 is 14.6 Å². The van der Waals surface area contributed by atoms with Gasteiger partial charge in [0.1, 0.15) is 6.10 Å². The number of hydrogen-bond donors (Lipinski definition) is 1. The van der Waals surface area contributed by atoms with Crippen LogP contribution < -0.4 is 4.90 Å². The van der Waals surface area contributed by atoms with E-state index in [2.05, 4.69) is 34.1 Å². The smallest absolute Gasteiger partial charge is 0.101 e. The third-order valence-electron chi connectivity index (χ3n) is 4.45. The number of imidazole rings is 1. The third kappa shape index (κ3) is 4.21. The molecule has 0 saturated carbocycles. The number of anilines is 1. The minimum absolute atomic E-state index is 0.235. The van der Waals surface area contributed by atoms with E-state index in [-0.39, 0.29) is 6.04 Å². The van der Waals surface area contributed by atoms with Crippen molar-refractivity contribution in [3.63, 3.8) is 0 Å². The molecule has 0 aliphatic carbocycles. The average molecular weight is 390 g/mol. The number of hydrogen-bond acceptors (Lipinski definition) is 3. The Labute approximate surface area is 163 Å². The van der Waals surface area contributed by atoms with E-state index < -0.39 is 6.10 Å². The van der Waals surface area contributed by atoms with E-state index in [0.29, 0.717) is 22.0 Å². The van der Waals surface area contributed by atoms with Gasteiger partial charge in [-0.1, -0.05) is 41.4 Å². The summed E-state index contributed by atoms with van der Waals surface area (Å²) in [5.41, 5.74) is 2.91. The Morgan fingerprint density at radius 3 is 2.42 bits per heavy atom. The van der Waals surface area contributed by atoms with Crippen LogP contribution in [-0.4, -0.2) is 28.8 Å². The molecule has 1 heterocycles. The summed E-state index contributed by atoms with van der Waals surface area (Å²) >= 11 is 12.3. The highest BCUT2D eigenvalue weighted by Gasteiger charge is 2.25. The van der Waals surface area contributed by atoms with Crippen molar-refractivity contribution >= 4 is 28.9 Å². The number of halogens is 2. The van der Waals surface area contributed by atoms with E-state index in [9.17, 15) is 5.11 Å². The summed E-state index contributed by atoms with van der Waals surface area (Å²) < 4.78 is 1.91. The summed E-state index contributed by atoms with van der Waals surface area (Å²) in [6.07, 6.45) is 5.13. The summed E-state index contributed by atoms with van der Waals surface area (Å²) in [5, 5.41) is 12.0. The standard InChI is InChI=1S/C20H21Cl2N3O/c1-24(2)16-6-3-14(4-7-16)11-19(25-10-9-23-13-25)20(26)17-8-5-15(21)12-18(17)22/h3-10,12-13,19-20,26H,11H2,1-2H3/t19-,20+/m0/s1. The molecule has 0 amide bonds. The molecule has 26 heavy (non-hydrogen) atoms. The molecule has 0 unspecified atom stereocenters. The minimum atomic E-state index is -0.789. The molecule has 6 heteroatoms. The van der Waals surface area contributed by atoms with Crippen molar-refractivity contribution in [1.82, 2.24) is 9.55 Å². The first-order valence-electron chi connectivity index (χ1n) is 8.32. The molecule has 1 aromatic heterocycles. The van der Waals surface area contributed by atoms with Crippen molar-refractivity contribution in [1.29, 1.82) is 0 Å². The lowest BCUT2D eigenvalue weighted by atomic mass is 9.95. The van der Waals surface area contributed by atoms with Gasteiger partial charge in [-0.15, -0.1) is 0 Å². The van der Waals surface area contributed by atoms with Gasteiger partial charge in [0.25, 0.3) is 0 Å². The van der Waals surface area contributed by atoms with Crippen LogP contribution in [-0.2, 0) is 6.42 Å². The van der Waals surface area contributed by atoms with Crippen LogP contribution in [0.1, 0.15) is 23.3 Å². The van der Waals surface area contributed by atoms with Crippen LogP contribution in [0.4, 0.5) is 5.69 Å². The predicted molar refractivity (Wildman–Crippen MR) is 107 cm³/mol. The Bertz CT molecular complexity index is 848. The maximum atomic E-state index is 11.0. The Kier molecular flexibility index (Phi) is 5.87. The van der Waals surface area contributed by atoms with Gasteiger partial charge in [0.15, 0.2) is 0 Å². The Balaban J connectivity index is 1.90. The second kappa shape index (κ2) is 8.12. The monoisotopic (exact) mass is 389 g/mol. The lowest BCUT2D eigenvalue weighted by molar-refractivity contribution is 0.112. The van der Waals surface area contributed by atoms with E-state index in [1.165, 1.54) is 0 Å². The van der Waals surface area contributed by atoms with Crippen LogP contribution >= 0.6 is 23.2 Å². The van der Waals surface area contributed by atoms with E-state index in [1.807, 2.05) is 24.9 Å². The highest BCUT2D eigenvalue weighted by molar-refractivity contribution is 6.35. The number of benzene rings is 2. The van der Waals surface area contributed by atoms with E-state index in [0.717, 1.165) is 11.3 Å². The summed E-state index contributed by atoms with van der Waals surface area (Å²) in [7, 11) is 4.02. The molecule has 0 fully saturated rings. The van der Waals surface area contributed by atoms with Gasteiger partial charge in [-0.2, -0.15) is 0 Å². The highest BCUT2D eigenvalue weighted by Crippen LogP contribution is 2.35. The quantitative estimate of drug-likeness (QED) is 0.659. The first-order valence-corrected chi connectivity index (χ1v) is 9.08. The first-order chi connectivity index (χ1) is 12.5. The van der Waals surface area contributed by atoms with Gasteiger partial charge in [0, 0.05) is 47.8 Å². The van der Waals surface area contributed by atoms with Gasteiger partial charge in [-0.05, 0) is 36.2 Å². The molecule has 136 valence electrons. The molecule has 0 aliphatic heterocycles. The molecule has 0 radical (unpaired) electrons. The molecule has 0 bridgehead atoms. The van der Waals surface area contributed by atoms with Gasteiger partial charge in [-0.25, -0.2) is 4.98 Å². The lowest BCUT2D eigenvalue weighted by Gasteiger charge is -2.26. The molecule has 3 aromatic rings. The van der Waals surface area contributed by atoms with Crippen LogP contribution in [0, 0.1) is 0 Å². The fourth-order valence-electron chi connectivity index (χ4n) is 2.97. The van der Waals surface area contributed by atoms with Crippen molar-refractivity contribution in [2.45, 2.75) is 18.6 Å². The first kappa shape index (κ1) is 18.8. The molecule has 1 N–H and O–H groups in total. The van der Waals surface area contributed by atoms with E-state index >= 15 is 0 Å². The van der Waals surface area contributed by atoms with Gasteiger partial charge >= 0.3 is 0 Å². The summed E-state index contributed by atoms with van der Waals surface area (Å²) in [4.78, 5) is 6.18. The largest absolute Gasteiger partial charge is 0.386 e. The molecule has 2 aromatic carbocycles. The maximum Gasteiger partial charge on any atom is 0.101 e. The predicted octanol–water partition coefficient (Wildman–Crippen LogP) is 4.77. The fourth-order valence-corrected chi connectivity index (χ4v) is 3.49. The van der Waals surface area contributed by atoms with Gasteiger partial charge in [0.05, 0.1) is 12.4 Å². The molecule has 4 nitrogen and oxygen atoms in total. The second-order valence-corrected chi connectivity index (χ2v) is 7.30. The zero-order valence-electron chi connectivity index (χ0n) is 14.7. The molecule has 3 rings (SSSR count). The molecule has 0 saturated heterocycles. The zero-order chi connectivity index (χ0) is 18.7. The second-order valence-electron chi connectivity index (χ2n) is 6.45. The fraction of sp³-hybridized carbons (Fsp3) is 0.250. The summed E-state index contributed by atoms with van der Waals surface area (Å²) in [6, 6.07) is 13.2. The van der Waals surface area contributed by atoms with Crippen molar-refractivity contribution in [2.24, 2.45) is 0 Å². The van der Waals surface area contributed by atoms with Crippen molar-refractivity contribution in [2.75, 3.05) is 19.0 Å². The van der Waals surface area contributed by atoms with Crippen molar-refractivity contribution in [3.05, 3.63) is 82.4 Å². The van der Waals surface area contributed by atoms with Crippen LogP contribution in [0.25, 0.3) is 0 Å². The van der Waals surface area contributed by atoms with Gasteiger partial charge in [0.2, 0.25) is 0 Å². The summed E-state index contributed by atoms with van der Waals surface area (Å²) in [5.74, 6) is 0. The lowest BCUT2D eigenvalue weighted by Crippen LogP contribution is -2.20. The van der Waals surface area contributed by atoms with Crippen molar-refractivity contribution < 1.29 is 5.11 Å². The normalized spacial score (nSPS) is 13.4. The number of aliphatic hydroxyl groups excluding tert-OH is 1. The highest BCUT2D eigenvalue weighted by atomic mass is 35.5. The number of rotatable bonds is 6. The number of nitrogens with zero attached hydrogens (tertiary/aromatic N) is 3. The average Bonchev–Trinajstić information content (AvgIpc) is 3.14. The minimum Gasteiger partial charge on any atom is -0.386 e. The number of aromatic nitrogens is 2. The third-order valence-corrected chi connectivity index (χ3v) is 5.01. The van der Waals surface area contributed by atoms with Crippen molar-refractivity contribution in [3.8, 4) is 0 Å². The van der Waals surface area contributed by atoms with Gasteiger partial charge in [-0.3, -0.25) is 0 Å². The van der Waals surface area contributed by atoms with Crippen LogP contribution in [0.15, 0.2) is 61.2 Å². The Morgan fingerprint density at radius 2 is 1.85 bits per heavy atom. The molecule has 2 atom stereocenters. The van der Waals surface area contributed by atoms with Crippen LogP contribution in [0.5, 0.6) is 0 Å². The maximum absolute atomic E-state index is 11.0. The summed E-state index contributed by atoms with van der Waals surface area (Å²) in [6.45, 7) is 0. The molecule has 0 spiro atoms. The van der Waals surface area contributed by atoms with E-state index in [1.54, 1.807) is 30.7 Å². The zero-order valence-corrected chi connectivity index (χ0v) is 16.2. The van der Waals surface area contributed by atoms with Crippen LogP contribution in [0.3, 0.4) is 0 Å². The van der Waals surface area contributed by atoms with E-state index in [4.69, 9.17) is 23.2 Å². The Hall–Kier alpha value is -2.01.